The van der Waals surface area contributed by atoms with Crippen LogP contribution in [0.4, 0.5) is 10.6 Å². The maximum absolute atomic E-state index is 12.7. The van der Waals surface area contributed by atoms with Gasteiger partial charge in [-0.25, -0.2) is 9.78 Å². The molecular weight excluding hydrogens is 340 g/mol. The molecule has 2 aliphatic heterocycles. The van der Waals surface area contributed by atoms with Gasteiger partial charge in [-0.1, -0.05) is 0 Å². The molecule has 2 aliphatic rings. The quantitative estimate of drug-likeness (QED) is 0.869. The first kappa shape index (κ1) is 17.8. The average molecular weight is 366 g/mol. The predicted octanol–water partition coefficient (Wildman–Crippen LogP) is 3.98. The molecule has 0 spiro atoms. The molecule has 142 valence electrons. The average Bonchev–Trinajstić information content (AvgIpc) is 3.20. The van der Waals surface area contributed by atoms with E-state index in [4.69, 9.17) is 10.5 Å². The smallest absolute Gasteiger partial charge is 0.410 e. The first-order chi connectivity index (χ1) is 12.8. The fourth-order valence-electron chi connectivity index (χ4n) is 4.40. The largest absolute Gasteiger partial charge is 0.444 e. The summed E-state index contributed by atoms with van der Waals surface area (Å²) >= 11 is 0. The summed E-state index contributed by atoms with van der Waals surface area (Å²) in [6, 6.07) is 6.41. The topological polar surface area (TPSA) is 81.3 Å². The van der Waals surface area contributed by atoms with E-state index in [-0.39, 0.29) is 24.1 Å². The fraction of sp³-hybridized carbons (Fsp3) is 0.476. The number of carbonyl (C=O) groups excluding carboxylic acids is 1. The number of aromatic nitrogens is 2. The fourth-order valence-corrected chi connectivity index (χ4v) is 4.40. The van der Waals surface area contributed by atoms with Crippen LogP contribution >= 0.6 is 0 Å². The standard InChI is InChI=1S/C21H26N4O2/c1-21(2,3)27-20(26)25-15-4-5-18(25)16(11-15)14-10-17(19(22)24-12-14)13-6-8-23-9-7-13/h6-10,12,15-16,18H,4-5,11H2,1-3H3,(H2,22,24). The van der Waals surface area contributed by atoms with Gasteiger partial charge in [-0.15, -0.1) is 0 Å². The predicted molar refractivity (Wildman–Crippen MR) is 104 cm³/mol. The number of fused-ring (bicyclic) bond motifs is 2. The molecule has 0 saturated carbocycles. The zero-order valence-corrected chi connectivity index (χ0v) is 16.1. The summed E-state index contributed by atoms with van der Waals surface area (Å²) in [5, 5.41) is 0. The number of nitrogens with two attached hydrogens (primary N) is 1. The van der Waals surface area contributed by atoms with E-state index >= 15 is 0 Å². The van der Waals surface area contributed by atoms with Crippen molar-refractivity contribution in [3.8, 4) is 11.1 Å². The molecule has 0 aromatic carbocycles. The number of amides is 1. The van der Waals surface area contributed by atoms with Gasteiger partial charge in [0, 0.05) is 42.2 Å². The van der Waals surface area contributed by atoms with Gasteiger partial charge in [0.2, 0.25) is 0 Å². The van der Waals surface area contributed by atoms with Gasteiger partial charge in [0.25, 0.3) is 0 Å². The van der Waals surface area contributed by atoms with Crippen LogP contribution in [0.5, 0.6) is 0 Å². The minimum atomic E-state index is -0.480. The lowest BCUT2D eigenvalue weighted by Gasteiger charge is -2.28. The summed E-state index contributed by atoms with van der Waals surface area (Å²) in [4.78, 5) is 23.2. The maximum atomic E-state index is 12.7. The van der Waals surface area contributed by atoms with Gasteiger partial charge in [-0.05, 0) is 69.4 Å². The minimum Gasteiger partial charge on any atom is -0.444 e. The Kier molecular flexibility index (Phi) is 4.29. The molecule has 3 unspecified atom stereocenters. The Labute approximate surface area is 159 Å². The van der Waals surface area contributed by atoms with Crippen LogP contribution < -0.4 is 5.73 Å². The van der Waals surface area contributed by atoms with Gasteiger partial charge in [0.15, 0.2) is 0 Å². The van der Waals surface area contributed by atoms with Crippen LogP contribution in [0.1, 0.15) is 51.5 Å². The Morgan fingerprint density at radius 3 is 2.70 bits per heavy atom. The second kappa shape index (κ2) is 6.51. The third-order valence-corrected chi connectivity index (χ3v) is 5.50. The second-order valence-electron chi connectivity index (χ2n) is 8.47. The third-order valence-electron chi connectivity index (χ3n) is 5.50. The zero-order valence-electron chi connectivity index (χ0n) is 16.1. The van der Waals surface area contributed by atoms with E-state index < -0.39 is 5.60 Å². The molecule has 2 saturated heterocycles. The van der Waals surface area contributed by atoms with Crippen LogP contribution in [-0.4, -0.2) is 38.6 Å². The molecule has 3 atom stereocenters. The van der Waals surface area contributed by atoms with Gasteiger partial charge in [0.1, 0.15) is 11.4 Å². The van der Waals surface area contributed by atoms with E-state index in [1.54, 1.807) is 12.4 Å². The molecule has 4 heterocycles. The minimum absolute atomic E-state index is 0.167. The molecule has 27 heavy (non-hydrogen) atoms. The van der Waals surface area contributed by atoms with Crippen molar-refractivity contribution in [2.45, 2.75) is 63.6 Å². The molecule has 0 aliphatic carbocycles. The molecule has 2 N–H and O–H groups in total. The van der Waals surface area contributed by atoms with Crippen molar-refractivity contribution in [3.05, 3.63) is 42.4 Å². The molecule has 2 aromatic rings. The Morgan fingerprint density at radius 2 is 2.00 bits per heavy atom. The van der Waals surface area contributed by atoms with Crippen LogP contribution in [0.2, 0.25) is 0 Å². The molecular formula is C21H26N4O2. The van der Waals surface area contributed by atoms with Crippen LogP contribution in [0.3, 0.4) is 0 Å². The number of nitrogens with zero attached hydrogens (tertiary/aromatic N) is 3. The second-order valence-corrected chi connectivity index (χ2v) is 8.47. The summed E-state index contributed by atoms with van der Waals surface area (Å²) in [6.07, 6.45) is 8.16. The van der Waals surface area contributed by atoms with Gasteiger partial charge in [0.05, 0.1) is 0 Å². The van der Waals surface area contributed by atoms with E-state index in [0.29, 0.717) is 5.82 Å². The van der Waals surface area contributed by atoms with Crippen LogP contribution in [0.25, 0.3) is 11.1 Å². The lowest BCUT2D eigenvalue weighted by molar-refractivity contribution is 0.0213. The molecule has 4 rings (SSSR count). The highest BCUT2D eigenvalue weighted by Crippen LogP contribution is 2.47. The Morgan fingerprint density at radius 1 is 1.26 bits per heavy atom. The summed E-state index contributed by atoms with van der Waals surface area (Å²) in [5.74, 6) is 0.780. The summed E-state index contributed by atoms with van der Waals surface area (Å²) in [6.45, 7) is 5.72. The number of rotatable bonds is 2. The van der Waals surface area contributed by atoms with Crippen molar-refractivity contribution in [2.75, 3.05) is 5.73 Å². The van der Waals surface area contributed by atoms with Crippen LogP contribution in [0, 0.1) is 0 Å². The molecule has 6 nitrogen and oxygen atoms in total. The van der Waals surface area contributed by atoms with Crippen LogP contribution in [-0.2, 0) is 4.74 Å². The number of anilines is 1. The molecule has 6 heteroatoms. The Balaban J connectivity index is 1.61. The Bertz CT molecular complexity index is 847. The van der Waals surface area contributed by atoms with Gasteiger partial charge >= 0.3 is 6.09 Å². The highest BCUT2D eigenvalue weighted by molar-refractivity contribution is 5.74. The van der Waals surface area contributed by atoms with Gasteiger partial charge < -0.3 is 15.4 Å². The van der Waals surface area contributed by atoms with Crippen LogP contribution in [0.15, 0.2) is 36.8 Å². The summed E-state index contributed by atoms with van der Waals surface area (Å²) in [5.41, 5.74) is 8.70. The van der Waals surface area contributed by atoms with Crippen molar-refractivity contribution in [1.29, 1.82) is 0 Å². The monoisotopic (exact) mass is 366 g/mol. The summed E-state index contributed by atoms with van der Waals surface area (Å²) < 4.78 is 5.64. The molecule has 2 aromatic heterocycles. The number of hydrogen-bond donors (Lipinski definition) is 1. The Hall–Kier alpha value is -2.63. The molecule has 1 amide bonds. The highest BCUT2D eigenvalue weighted by Gasteiger charge is 2.50. The number of carbonyl (C=O) groups is 1. The number of pyridine rings is 2. The van der Waals surface area contributed by atoms with E-state index in [1.807, 2.05) is 44.0 Å². The first-order valence-corrected chi connectivity index (χ1v) is 9.50. The van der Waals surface area contributed by atoms with Crippen molar-refractivity contribution >= 4 is 11.9 Å². The van der Waals surface area contributed by atoms with Gasteiger partial charge in [-0.3, -0.25) is 4.98 Å². The van der Waals surface area contributed by atoms with E-state index in [2.05, 4.69) is 16.0 Å². The summed E-state index contributed by atoms with van der Waals surface area (Å²) in [7, 11) is 0. The normalized spacial score (nSPS) is 24.3. The van der Waals surface area contributed by atoms with E-state index in [0.717, 1.165) is 36.0 Å². The molecule has 2 fully saturated rings. The van der Waals surface area contributed by atoms with Crippen molar-refractivity contribution in [2.24, 2.45) is 0 Å². The maximum Gasteiger partial charge on any atom is 0.410 e. The van der Waals surface area contributed by atoms with E-state index in [9.17, 15) is 4.79 Å². The number of nitrogen functional groups attached to an aromatic ring is 1. The van der Waals surface area contributed by atoms with Gasteiger partial charge in [-0.2, -0.15) is 0 Å². The molecule has 0 radical (unpaired) electrons. The zero-order chi connectivity index (χ0) is 19.2. The number of ether oxygens (including phenoxy) is 1. The lowest BCUT2D eigenvalue weighted by atomic mass is 9.84. The first-order valence-electron chi connectivity index (χ1n) is 9.50. The van der Waals surface area contributed by atoms with Crippen molar-refractivity contribution in [3.63, 3.8) is 0 Å². The lowest BCUT2D eigenvalue weighted by Crippen LogP contribution is -2.40. The van der Waals surface area contributed by atoms with Crippen molar-refractivity contribution in [1.82, 2.24) is 14.9 Å². The SMILES string of the molecule is CC(C)(C)OC(=O)N1C2CCC1C(c1cnc(N)c(-c3ccncc3)c1)C2. The third kappa shape index (κ3) is 3.36. The van der Waals surface area contributed by atoms with Crippen molar-refractivity contribution < 1.29 is 9.53 Å². The number of hydrogen-bond acceptors (Lipinski definition) is 5. The highest BCUT2D eigenvalue weighted by atomic mass is 16.6. The van der Waals surface area contributed by atoms with E-state index in [1.165, 1.54) is 0 Å². The molecule has 2 bridgehead atoms.